The fourth-order valence-electron chi connectivity index (χ4n) is 1.66. The predicted molar refractivity (Wildman–Crippen MR) is 80.2 cm³/mol. The molecule has 1 heterocycles. The van der Waals surface area contributed by atoms with E-state index in [9.17, 15) is 18.9 Å². The Morgan fingerprint density at radius 1 is 1.61 bits per heavy atom. The van der Waals surface area contributed by atoms with Gasteiger partial charge < -0.3 is 25.4 Å². The normalized spacial score (nSPS) is 15.4. The lowest BCUT2D eigenvalue weighted by Gasteiger charge is -2.21. The first-order chi connectivity index (χ1) is 10.6. The molecule has 0 bridgehead atoms. The highest BCUT2D eigenvalue weighted by Gasteiger charge is 2.22. The Morgan fingerprint density at radius 3 is 2.78 bits per heavy atom. The minimum Gasteiger partial charge on any atom is -0.393 e. The number of halogens is 2. The molecule has 0 aliphatic heterocycles. The lowest BCUT2D eigenvalue weighted by Crippen LogP contribution is -2.30. The quantitative estimate of drug-likeness (QED) is 0.385. The number of nitrogens with zero attached hydrogens (tertiary/aromatic N) is 2. The van der Waals surface area contributed by atoms with Gasteiger partial charge in [-0.25, -0.2) is 4.79 Å². The van der Waals surface area contributed by atoms with Crippen LogP contribution in [-0.4, -0.2) is 36.6 Å². The van der Waals surface area contributed by atoms with Gasteiger partial charge in [0.1, 0.15) is 18.1 Å². The maximum Gasteiger partial charge on any atom is 0.384 e. The molecule has 0 radical (unpaired) electrons. The number of alkyl halides is 1. The van der Waals surface area contributed by atoms with Crippen molar-refractivity contribution in [3.8, 4) is 0 Å². The van der Waals surface area contributed by atoms with Gasteiger partial charge in [-0.15, -0.1) is 0 Å². The van der Waals surface area contributed by atoms with Gasteiger partial charge in [0.2, 0.25) is 5.57 Å². The zero-order chi connectivity index (χ0) is 17.6. The third-order valence-corrected chi connectivity index (χ3v) is 3.59. The molecule has 130 valence electrons. The smallest absolute Gasteiger partial charge is 0.384 e. The minimum absolute atomic E-state index is 0.00284. The largest absolute Gasteiger partial charge is 0.393 e. The van der Waals surface area contributed by atoms with E-state index in [4.69, 9.17) is 31.9 Å². The summed E-state index contributed by atoms with van der Waals surface area (Å²) in [5.41, 5.74) is 2.99. The molecule has 2 atom stereocenters. The topological polar surface area (TPSA) is 148 Å². The summed E-state index contributed by atoms with van der Waals surface area (Å²) < 4.78 is 29.8. The number of hydrogen-bond donors (Lipinski definition) is 4. The van der Waals surface area contributed by atoms with Gasteiger partial charge in [0.25, 0.3) is 0 Å². The summed E-state index contributed by atoms with van der Waals surface area (Å²) in [5, 5.41) is 9.82. The van der Waals surface area contributed by atoms with Crippen LogP contribution in [0, 0.1) is 0 Å². The van der Waals surface area contributed by atoms with E-state index in [-0.39, 0.29) is 18.3 Å². The summed E-state index contributed by atoms with van der Waals surface area (Å²) in [7, 11) is -4.98. The fraction of sp³-hybridized carbons (Fsp3) is 0.455. The second kappa shape index (κ2) is 8.53. The first kappa shape index (κ1) is 19.8. The van der Waals surface area contributed by atoms with Crippen LogP contribution in [0.25, 0.3) is 0 Å². The van der Waals surface area contributed by atoms with E-state index in [1.807, 2.05) is 0 Å². The molecule has 0 saturated carbocycles. The molecule has 0 unspecified atom stereocenters. The molecule has 9 nitrogen and oxygen atoms in total. The summed E-state index contributed by atoms with van der Waals surface area (Å²) >= 11 is 5.46. The van der Waals surface area contributed by atoms with Gasteiger partial charge in [-0.1, -0.05) is 11.6 Å². The molecule has 0 saturated heterocycles. The number of rotatable bonds is 8. The molecule has 5 N–H and O–H groups in total. The van der Waals surface area contributed by atoms with Crippen molar-refractivity contribution in [2.75, 3.05) is 11.8 Å². The van der Waals surface area contributed by atoms with E-state index in [2.05, 4.69) is 4.98 Å². The Labute approximate surface area is 135 Å². The summed E-state index contributed by atoms with van der Waals surface area (Å²) in [6.07, 6.45) is -0.965. The number of ether oxygens (including phenoxy) is 1. The lowest BCUT2D eigenvalue weighted by atomic mass is 10.1. The monoisotopic (exact) mass is 371 g/mol. The Balaban J connectivity index is 2.84. The summed E-state index contributed by atoms with van der Waals surface area (Å²) in [6.45, 7) is 0. The van der Waals surface area contributed by atoms with Gasteiger partial charge in [-0.3, -0.25) is 9.13 Å². The minimum atomic E-state index is -4.98. The Kier molecular flexibility index (Phi) is 7.33. The molecular weight excluding hydrogens is 356 g/mol. The number of nitrogens with two attached hydrogens (primary N) is 1. The van der Waals surface area contributed by atoms with Gasteiger partial charge >= 0.3 is 13.3 Å². The maximum absolute atomic E-state index is 13.0. The van der Waals surface area contributed by atoms with E-state index in [0.29, 0.717) is 6.08 Å². The van der Waals surface area contributed by atoms with Crippen LogP contribution < -0.4 is 11.4 Å². The molecule has 1 aromatic rings. The Morgan fingerprint density at radius 2 is 2.26 bits per heavy atom. The molecule has 1 rings (SSSR count). The van der Waals surface area contributed by atoms with Gasteiger partial charge in [-0.05, 0) is 18.6 Å². The first-order valence-electron chi connectivity index (χ1n) is 6.27. The molecular formula is C11H16ClFN3O6P. The van der Waals surface area contributed by atoms with Crippen molar-refractivity contribution < 1.29 is 28.6 Å². The van der Waals surface area contributed by atoms with Gasteiger partial charge in [0, 0.05) is 12.6 Å². The Hall–Kier alpha value is -1.29. The summed E-state index contributed by atoms with van der Waals surface area (Å²) in [5.74, 6) is 0.00284. The number of anilines is 1. The lowest BCUT2D eigenvalue weighted by molar-refractivity contribution is -0.0124. The van der Waals surface area contributed by atoms with Crippen molar-refractivity contribution in [3.63, 3.8) is 0 Å². The number of aliphatic hydroxyl groups excluding tert-OH is 1. The molecule has 0 amide bonds. The van der Waals surface area contributed by atoms with Crippen LogP contribution >= 0.6 is 19.2 Å². The molecule has 0 aliphatic carbocycles. The molecule has 0 fully saturated rings. The highest BCUT2D eigenvalue weighted by molar-refractivity contribution is 7.56. The van der Waals surface area contributed by atoms with E-state index in [1.165, 1.54) is 12.3 Å². The number of aromatic nitrogens is 2. The van der Waals surface area contributed by atoms with Crippen LogP contribution in [-0.2, 0) is 9.30 Å². The van der Waals surface area contributed by atoms with E-state index in [1.54, 1.807) is 0 Å². The molecule has 0 spiro atoms. The third-order valence-electron chi connectivity index (χ3n) is 2.73. The van der Waals surface area contributed by atoms with Crippen LogP contribution in [0.2, 0.25) is 0 Å². The zero-order valence-electron chi connectivity index (χ0n) is 11.7. The van der Waals surface area contributed by atoms with Crippen LogP contribution in [0.3, 0.4) is 0 Å². The van der Waals surface area contributed by atoms with E-state index in [0.717, 1.165) is 4.57 Å². The second-order valence-corrected chi connectivity index (χ2v) is 6.20. The standard InChI is InChI=1S/C11H16ClFN3O6P/c12-6-22-10(16-4-3-9(14)15-11(16)18)5-7(17)1-2-8(13)23(19,20)21/h2-4,7,10,17H,1,5-6H2,(H2,14,15,18)(H2,19,20,21)/b8-2+/t7-,10-/m1/s1. The highest BCUT2D eigenvalue weighted by Crippen LogP contribution is 2.45. The van der Waals surface area contributed by atoms with Crippen molar-refractivity contribution in [2.24, 2.45) is 0 Å². The number of nitrogen functional groups attached to an aromatic ring is 1. The SMILES string of the molecule is Nc1ccn([C@@H](C[C@H](O)C/C=C(\F)P(=O)(O)O)OCCl)c(=O)n1. The molecule has 12 heteroatoms. The fourth-order valence-corrected chi connectivity index (χ4v) is 2.15. The van der Waals surface area contributed by atoms with Gasteiger partial charge in [-0.2, -0.15) is 9.37 Å². The van der Waals surface area contributed by atoms with Crippen molar-refractivity contribution in [2.45, 2.75) is 25.2 Å². The molecule has 1 aromatic heterocycles. The maximum atomic E-state index is 13.0. The average molecular weight is 372 g/mol. The predicted octanol–water partition coefficient (Wildman–Crippen LogP) is 0.667. The van der Waals surface area contributed by atoms with Crippen LogP contribution in [0.4, 0.5) is 10.2 Å². The summed E-state index contributed by atoms with van der Waals surface area (Å²) in [4.78, 5) is 32.4. The molecule has 23 heavy (non-hydrogen) atoms. The van der Waals surface area contributed by atoms with Crippen LogP contribution in [0.1, 0.15) is 19.1 Å². The van der Waals surface area contributed by atoms with E-state index < -0.39 is 37.6 Å². The van der Waals surface area contributed by atoms with Crippen molar-refractivity contribution in [1.82, 2.24) is 9.55 Å². The average Bonchev–Trinajstić information content (AvgIpc) is 2.43. The number of aliphatic hydroxyl groups is 1. The molecule has 0 aliphatic rings. The second-order valence-electron chi connectivity index (χ2n) is 4.47. The van der Waals surface area contributed by atoms with Crippen molar-refractivity contribution >= 4 is 25.0 Å². The van der Waals surface area contributed by atoms with Gasteiger partial charge in [0.15, 0.2) is 0 Å². The first-order valence-corrected chi connectivity index (χ1v) is 8.42. The van der Waals surface area contributed by atoms with Crippen molar-refractivity contribution in [1.29, 1.82) is 0 Å². The third kappa shape index (κ3) is 6.38. The number of hydrogen-bond acceptors (Lipinski definition) is 6. The van der Waals surface area contributed by atoms with Crippen LogP contribution in [0.5, 0.6) is 0 Å². The summed E-state index contributed by atoms with van der Waals surface area (Å²) in [6, 6.07) is 1.05. The molecule has 0 aromatic carbocycles. The zero-order valence-corrected chi connectivity index (χ0v) is 13.4. The van der Waals surface area contributed by atoms with Gasteiger partial charge in [0.05, 0.1) is 6.10 Å². The highest BCUT2D eigenvalue weighted by atomic mass is 35.5. The van der Waals surface area contributed by atoms with Crippen molar-refractivity contribution in [3.05, 3.63) is 34.4 Å². The van der Waals surface area contributed by atoms with Crippen LogP contribution in [0.15, 0.2) is 28.7 Å². The Bertz CT molecular complexity index is 663. The van der Waals surface area contributed by atoms with E-state index >= 15 is 0 Å².